The van der Waals surface area contributed by atoms with Crippen molar-refractivity contribution >= 4 is 39.9 Å². The van der Waals surface area contributed by atoms with Crippen LogP contribution in [0.4, 0.5) is 0 Å². The summed E-state index contributed by atoms with van der Waals surface area (Å²) in [5.74, 6) is 1.17. The van der Waals surface area contributed by atoms with Crippen LogP contribution in [0.2, 0.25) is 5.02 Å². The number of halogens is 1. The number of hydrogen-bond acceptors (Lipinski definition) is 7. The predicted molar refractivity (Wildman–Crippen MR) is 128 cm³/mol. The van der Waals surface area contributed by atoms with Gasteiger partial charge in [-0.2, -0.15) is 0 Å². The van der Waals surface area contributed by atoms with E-state index in [4.69, 9.17) is 16.3 Å². The number of aromatic nitrogens is 5. The fraction of sp³-hybridized carbons (Fsp3) is 0.261. The smallest absolute Gasteiger partial charge is 0.272 e. The summed E-state index contributed by atoms with van der Waals surface area (Å²) in [6.07, 6.45) is 1.93. The number of nitrogens with one attached hydrogen (secondary N) is 1. The number of rotatable bonds is 10. The van der Waals surface area contributed by atoms with Gasteiger partial charge >= 0.3 is 0 Å². The number of H-pyrrole nitrogens is 1. The molecule has 0 aliphatic rings. The molecule has 4 rings (SSSR count). The third kappa shape index (κ3) is 5.43. The minimum atomic E-state index is -0.270. The lowest BCUT2D eigenvalue weighted by Gasteiger charge is -2.11. The van der Waals surface area contributed by atoms with E-state index in [1.165, 1.54) is 11.8 Å². The molecule has 170 valence electrons. The second-order valence-corrected chi connectivity index (χ2v) is 8.69. The molecule has 0 atom stereocenters. The molecule has 0 spiro atoms. The summed E-state index contributed by atoms with van der Waals surface area (Å²) < 4.78 is 7.88. The van der Waals surface area contributed by atoms with Crippen LogP contribution in [0.5, 0.6) is 5.88 Å². The van der Waals surface area contributed by atoms with Gasteiger partial charge in [0.2, 0.25) is 5.88 Å². The van der Waals surface area contributed by atoms with Gasteiger partial charge < -0.3 is 9.30 Å². The molecule has 0 radical (unpaired) electrons. The summed E-state index contributed by atoms with van der Waals surface area (Å²) in [4.78, 5) is 24.5. The van der Waals surface area contributed by atoms with Crippen LogP contribution >= 0.6 is 23.4 Å². The summed E-state index contributed by atoms with van der Waals surface area (Å²) in [5, 5.41) is 17.5. The van der Waals surface area contributed by atoms with E-state index in [1.807, 2.05) is 10.6 Å². The zero-order valence-electron chi connectivity index (χ0n) is 18.0. The van der Waals surface area contributed by atoms with Gasteiger partial charge in [0.25, 0.3) is 5.56 Å². The lowest BCUT2D eigenvalue weighted by Crippen LogP contribution is -2.13. The Labute approximate surface area is 199 Å². The molecular formula is C23H22ClN5O3S. The number of benzene rings is 2. The van der Waals surface area contributed by atoms with E-state index >= 15 is 0 Å². The van der Waals surface area contributed by atoms with Gasteiger partial charge in [0.05, 0.1) is 16.5 Å². The van der Waals surface area contributed by atoms with E-state index in [0.29, 0.717) is 44.8 Å². The monoisotopic (exact) mass is 483 g/mol. The van der Waals surface area contributed by atoms with E-state index in [1.54, 1.807) is 42.5 Å². The summed E-state index contributed by atoms with van der Waals surface area (Å²) in [6, 6.07) is 14.0. The highest BCUT2D eigenvalue weighted by atomic mass is 35.5. The Balaban J connectivity index is 1.50. The molecule has 0 unspecified atom stereocenters. The van der Waals surface area contributed by atoms with Crippen molar-refractivity contribution in [3.63, 3.8) is 0 Å². The lowest BCUT2D eigenvalue weighted by atomic mass is 10.1. The first kappa shape index (κ1) is 23.0. The van der Waals surface area contributed by atoms with E-state index < -0.39 is 0 Å². The van der Waals surface area contributed by atoms with Crippen molar-refractivity contribution in [1.82, 2.24) is 25.0 Å². The van der Waals surface area contributed by atoms with Crippen molar-refractivity contribution in [3.8, 4) is 5.88 Å². The third-order valence-electron chi connectivity index (χ3n) is 5.03. The van der Waals surface area contributed by atoms with Crippen LogP contribution < -0.4 is 10.3 Å². The van der Waals surface area contributed by atoms with Gasteiger partial charge in [-0.1, -0.05) is 48.8 Å². The van der Waals surface area contributed by atoms with Crippen LogP contribution in [0, 0.1) is 0 Å². The number of ether oxygens (including phenoxy) is 1. The highest BCUT2D eigenvalue weighted by Gasteiger charge is 2.16. The maximum absolute atomic E-state index is 12.5. The normalized spacial score (nSPS) is 11.1. The third-order valence-corrected chi connectivity index (χ3v) is 6.25. The molecular weight excluding hydrogens is 462 g/mol. The first-order chi connectivity index (χ1) is 16.1. The maximum atomic E-state index is 12.5. The van der Waals surface area contributed by atoms with Crippen LogP contribution in [0.1, 0.15) is 35.9 Å². The summed E-state index contributed by atoms with van der Waals surface area (Å²) in [6.45, 7) is 2.94. The number of nitrogens with zero attached hydrogens (tertiary/aromatic N) is 4. The number of carbonyl (C=O) groups is 1. The Kier molecular flexibility index (Phi) is 7.41. The molecule has 0 aliphatic heterocycles. The van der Waals surface area contributed by atoms with E-state index in [2.05, 4.69) is 27.3 Å². The number of aromatic amines is 1. The molecule has 2 heterocycles. The van der Waals surface area contributed by atoms with Crippen LogP contribution in [0.3, 0.4) is 0 Å². The number of hydrogen-bond donors (Lipinski definition) is 1. The Morgan fingerprint density at radius 3 is 2.64 bits per heavy atom. The van der Waals surface area contributed by atoms with E-state index in [0.717, 1.165) is 12.8 Å². The number of Topliss-reactive ketones (excluding diaryl/α,β-unsaturated/α-hetero) is 1. The van der Waals surface area contributed by atoms with Crippen LogP contribution in [-0.4, -0.2) is 36.5 Å². The van der Waals surface area contributed by atoms with E-state index in [9.17, 15) is 9.59 Å². The molecule has 2 aromatic heterocycles. The highest BCUT2D eigenvalue weighted by molar-refractivity contribution is 7.99. The van der Waals surface area contributed by atoms with Crippen LogP contribution in [0.25, 0.3) is 10.8 Å². The van der Waals surface area contributed by atoms with Crippen molar-refractivity contribution < 1.29 is 9.53 Å². The molecule has 8 nitrogen and oxygen atoms in total. The molecule has 2 aromatic carbocycles. The van der Waals surface area contributed by atoms with Gasteiger partial charge in [0, 0.05) is 17.1 Å². The number of carbonyl (C=O) groups excluding carboxylic acids is 1. The Morgan fingerprint density at radius 1 is 1.12 bits per heavy atom. The first-order valence-electron chi connectivity index (χ1n) is 10.5. The lowest BCUT2D eigenvalue weighted by molar-refractivity contribution is 0.102. The van der Waals surface area contributed by atoms with Gasteiger partial charge in [-0.15, -0.1) is 15.3 Å². The van der Waals surface area contributed by atoms with Crippen LogP contribution in [0.15, 0.2) is 58.5 Å². The fourth-order valence-electron chi connectivity index (χ4n) is 3.26. The van der Waals surface area contributed by atoms with Gasteiger partial charge in [-0.25, -0.2) is 5.10 Å². The average molecular weight is 484 g/mol. The molecule has 0 saturated heterocycles. The Hall–Kier alpha value is -3.17. The molecule has 4 aromatic rings. The van der Waals surface area contributed by atoms with Crippen molar-refractivity contribution in [2.24, 2.45) is 0 Å². The molecule has 33 heavy (non-hydrogen) atoms. The quantitative estimate of drug-likeness (QED) is 0.261. The van der Waals surface area contributed by atoms with Gasteiger partial charge in [0.15, 0.2) is 16.8 Å². The topological polar surface area (TPSA) is 103 Å². The second kappa shape index (κ2) is 10.6. The van der Waals surface area contributed by atoms with Gasteiger partial charge in [-0.3, -0.25) is 9.59 Å². The summed E-state index contributed by atoms with van der Waals surface area (Å²) in [7, 11) is 0. The van der Waals surface area contributed by atoms with Gasteiger partial charge in [0.1, 0.15) is 6.61 Å². The summed E-state index contributed by atoms with van der Waals surface area (Å²) >= 11 is 7.24. The number of thioether (sulfide) groups is 1. The fourth-order valence-corrected chi connectivity index (χ4v) is 4.26. The Morgan fingerprint density at radius 2 is 1.88 bits per heavy atom. The summed E-state index contributed by atoms with van der Waals surface area (Å²) in [5.41, 5.74) is 0.333. The van der Waals surface area contributed by atoms with Crippen LogP contribution in [-0.2, 0) is 13.2 Å². The molecule has 1 N–H and O–H groups in total. The molecule has 0 fully saturated rings. The molecule has 0 bridgehead atoms. The minimum absolute atomic E-state index is 0.0107. The number of fused-ring (bicyclic) bond motifs is 1. The zero-order chi connectivity index (χ0) is 23.2. The van der Waals surface area contributed by atoms with Gasteiger partial charge in [-0.05, 0) is 42.8 Å². The number of unbranched alkanes of at least 4 members (excludes halogenated alkanes) is 1. The standard InChI is InChI=1S/C23H22ClN5O3S/c1-2-3-12-29-20(13-32-22-18-7-5-4-6-17(18)21(31)26-27-22)25-28-23(29)33-14-19(30)15-8-10-16(24)11-9-15/h4-11H,2-3,12-14H2,1H3,(H,26,31). The minimum Gasteiger partial charge on any atom is -0.468 e. The second-order valence-electron chi connectivity index (χ2n) is 7.31. The largest absolute Gasteiger partial charge is 0.468 e. The maximum Gasteiger partial charge on any atom is 0.272 e. The number of ketones is 1. The van der Waals surface area contributed by atoms with E-state index in [-0.39, 0.29) is 23.7 Å². The first-order valence-corrected chi connectivity index (χ1v) is 11.9. The average Bonchev–Trinajstić information content (AvgIpc) is 3.23. The molecule has 0 saturated carbocycles. The van der Waals surface area contributed by atoms with Crippen molar-refractivity contribution in [1.29, 1.82) is 0 Å². The van der Waals surface area contributed by atoms with Crippen molar-refractivity contribution in [2.45, 2.75) is 38.1 Å². The zero-order valence-corrected chi connectivity index (χ0v) is 19.5. The van der Waals surface area contributed by atoms with Crippen molar-refractivity contribution in [3.05, 3.63) is 75.3 Å². The highest BCUT2D eigenvalue weighted by Crippen LogP contribution is 2.23. The molecule has 10 heteroatoms. The SMILES string of the molecule is CCCCn1c(COc2n[nH]c(=O)c3ccccc23)nnc1SCC(=O)c1ccc(Cl)cc1. The molecule has 0 amide bonds. The van der Waals surface area contributed by atoms with Crippen molar-refractivity contribution in [2.75, 3.05) is 5.75 Å². The Bertz CT molecular complexity index is 1320. The predicted octanol–water partition coefficient (Wildman–Crippen LogP) is 4.52. The molecule has 0 aliphatic carbocycles.